The second-order valence-electron chi connectivity index (χ2n) is 4.23. The second-order valence-corrected chi connectivity index (χ2v) is 4.99. The summed E-state index contributed by atoms with van der Waals surface area (Å²) in [6.45, 7) is 1.76. The highest BCUT2D eigenvalue weighted by Gasteiger charge is 2.17. The normalized spacial score (nSPS) is 10.2. The van der Waals surface area contributed by atoms with Crippen molar-refractivity contribution in [1.29, 1.82) is 0 Å². The van der Waals surface area contributed by atoms with Gasteiger partial charge in [0.15, 0.2) is 0 Å². The molecule has 0 spiro atoms. The Balaban J connectivity index is 2.33. The fourth-order valence-corrected chi connectivity index (χ4v) is 1.92. The van der Waals surface area contributed by atoms with Gasteiger partial charge in [0, 0.05) is 12.3 Å². The molecule has 1 aromatic carbocycles. The number of hydrogen-bond acceptors (Lipinski definition) is 4. The van der Waals surface area contributed by atoms with E-state index in [4.69, 9.17) is 23.2 Å². The van der Waals surface area contributed by atoms with Crippen LogP contribution >= 0.6 is 23.2 Å². The minimum Gasteiger partial charge on any atom is -0.316 e. The van der Waals surface area contributed by atoms with Crippen molar-refractivity contribution in [3.05, 3.63) is 61.9 Å². The van der Waals surface area contributed by atoms with Crippen LogP contribution in [-0.4, -0.2) is 15.8 Å². The zero-order chi connectivity index (χ0) is 15.6. The summed E-state index contributed by atoms with van der Waals surface area (Å²) in [5.41, 5.74) is 0.849. The van der Waals surface area contributed by atoms with E-state index < -0.39 is 10.8 Å². The Morgan fingerprint density at radius 2 is 2.05 bits per heavy atom. The van der Waals surface area contributed by atoms with E-state index in [-0.39, 0.29) is 27.1 Å². The van der Waals surface area contributed by atoms with Crippen LogP contribution in [-0.2, 0) is 0 Å². The standard InChI is InChI=1S/C13H9Cl2N3O3/c1-7-2-3-11(18(20)21)10(4-7)17-13(19)8-5-9(14)12(15)16-6-8/h2-6H,1H3,(H,17,19). The molecule has 2 rings (SSSR count). The fraction of sp³-hybridized carbons (Fsp3) is 0.0769. The molecule has 1 aromatic heterocycles. The average molecular weight is 326 g/mol. The number of nitro groups is 1. The highest BCUT2D eigenvalue weighted by Crippen LogP contribution is 2.26. The number of aromatic nitrogens is 1. The van der Waals surface area contributed by atoms with Crippen molar-refractivity contribution in [3.8, 4) is 0 Å². The Bertz CT molecular complexity index is 735. The Hall–Kier alpha value is -2.18. The molecule has 0 aliphatic rings. The predicted octanol–water partition coefficient (Wildman–Crippen LogP) is 3.86. The Kier molecular flexibility index (Phi) is 4.40. The van der Waals surface area contributed by atoms with Crippen LogP contribution in [0, 0.1) is 17.0 Å². The number of nitro benzene ring substituents is 1. The number of rotatable bonds is 3. The van der Waals surface area contributed by atoms with Crippen LogP contribution < -0.4 is 5.32 Å². The number of nitrogens with one attached hydrogen (secondary N) is 1. The van der Waals surface area contributed by atoms with E-state index in [1.807, 2.05) is 0 Å². The lowest BCUT2D eigenvalue weighted by molar-refractivity contribution is -0.383. The molecule has 108 valence electrons. The van der Waals surface area contributed by atoms with Crippen LogP contribution in [0.3, 0.4) is 0 Å². The smallest absolute Gasteiger partial charge is 0.292 e. The van der Waals surface area contributed by atoms with Crippen molar-refractivity contribution < 1.29 is 9.72 Å². The van der Waals surface area contributed by atoms with Gasteiger partial charge < -0.3 is 5.32 Å². The van der Waals surface area contributed by atoms with E-state index in [9.17, 15) is 14.9 Å². The van der Waals surface area contributed by atoms with Gasteiger partial charge in [0.05, 0.1) is 15.5 Å². The summed E-state index contributed by atoms with van der Waals surface area (Å²) >= 11 is 11.5. The van der Waals surface area contributed by atoms with Crippen molar-refractivity contribution in [2.45, 2.75) is 6.92 Å². The number of amides is 1. The molecule has 0 aliphatic carbocycles. The molecule has 1 N–H and O–H groups in total. The van der Waals surface area contributed by atoms with Gasteiger partial charge in [-0.3, -0.25) is 14.9 Å². The third-order valence-electron chi connectivity index (χ3n) is 2.66. The second kappa shape index (κ2) is 6.07. The van der Waals surface area contributed by atoms with E-state index in [1.54, 1.807) is 13.0 Å². The zero-order valence-electron chi connectivity index (χ0n) is 10.8. The van der Waals surface area contributed by atoms with Crippen molar-refractivity contribution >= 4 is 40.5 Å². The molecular formula is C13H9Cl2N3O3. The highest BCUT2D eigenvalue weighted by molar-refractivity contribution is 6.41. The number of carbonyl (C=O) groups is 1. The maximum atomic E-state index is 12.1. The lowest BCUT2D eigenvalue weighted by Gasteiger charge is -2.07. The van der Waals surface area contributed by atoms with Gasteiger partial charge in [-0.15, -0.1) is 0 Å². The van der Waals surface area contributed by atoms with Gasteiger partial charge in [0.25, 0.3) is 11.6 Å². The summed E-state index contributed by atoms with van der Waals surface area (Å²) < 4.78 is 0. The first-order chi connectivity index (χ1) is 9.88. The van der Waals surface area contributed by atoms with Crippen molar-refractivity contribution in [1.82, 2.24) is 4.98 Å². The molecule has 2 aromatic rings. The summed E-state index contributed by atoms with van der Waals surface area (Å²) in [5.74, 6) is -0.560. The molecule has 0 fully saturated rings. The van der Waals surface area contributed by atoms with Crippen molar-refractivity contribution in [2.75, 3.05) is 5.32 Å². The minimum absolute atomic E-state index is 0.0785. The third-order valence-corrected chi connectivity index (χ3v) is 3.34. The van der Waals surface area contributed by atoms with Gasteiger partial charge in [-0.1, -0.05) is 29.3 Å². The summed E-state index contributed by atoms with van der Waals surface area (Å²) in [6.07, 6.45) is 1.24. The van der Waals surface area contributed by atoms with Crippen LogP contribution in [0.5, 0.6) is 0 Å². The molecule has 0 aliphatic heterocycles. The quantitative estimate of drug-likeness (QED) is 0.527. The average Bonchev–Trinajstić information content (AvgIpc) is 2.41. The van der Waals surface area contributed by atoms with E-state index in [0.717, 1.165) is 5.56 Å². The number of pyridine rings is 1. The number of aryl methyl sites for hydroxylation is 1. The number of nitrogens with zero attached hydrogens (tertiary/aromatic N) is 2. The van der Waals surface area contributed by atoms with E-state index in [0.29, 0.717) is 0 Å². The van der Waals surface area contributed by atoms with Crippen LogP contribution in [0.4, 0.5) is 11.4 Å². The molecule has 0 atom stereocenters. The Labute approximate surface area is 129 Å². The number of anilines is 1. The first kappa shape index (κ1) is 15.2. The van der Waals surface area contributed by atoms with Gasteiger partial charge in [-0.2, -0.15) is 0 Å². The maximum absolute atomic E-state index is 12.1. The van der Waals surface area contributed by atoms with Crippen LogP contribution in [0.25, 0.3) is 0 Å². The van der Waals surface area contributed by atoms with Gasteiger partial charge in [-0.05, 0) is 24.6 Å². The fourth-order valence-electron chi connectivity index (χ4n) is 1.65. The Morgan fingerprint density at radius 1 is 1.33 bits per heavy atom. The third kappa shape index (κ3) is 3.48. The van der Waals surface area contributed by atoms with E-state index >= 15 is 0 Å². The molecule has 1 heterocycles. The van der Waals surface area contributed by atoms with Gasteiger partial charge >= 0.3 is 0 Å². The molecular weight excluding hydrogens is 317 g/mol. The molecule has 1 amide bonds. The molecule has 21 heavy (non-hydrogen) atoms. The molecule has 8 heteroatoms. The van der Waals surface area contributed by atoms with Gasteiger partial charge in [0.1, 0.15) is 10.8 Å². The van der Waals surface area contributed by atoms with Crippen LogP contribution in [0.2, 0.25) is 10.2 Å². The van der Waals surface area contributed by atoms with Crippen molar-refractivity contribution in [2.24, 2.45) is 0 Å². The van der Waals surface area contributed by atoms with E-state index in [2.05, 4.69) is 10.3 Å². The van der Waals surface area contributed by atoms with Gasteiger partial charge in [0.2, 0.25) is 0 Å². The molecule has 0 unspecified atom stereocenters. The first-order valence-electron chi connectivity index (χ1n) is 5.76. The molecule has 0 saturated carbocycles. The molecule has 0 saturated heterocycles. The number of halogens is 2. The Morgan fingerprint density at radius 3 is 2.67 bits per heavy atom. The lowest BCUT2D eigenvalue weighted by Crippen LogP contribution is -2.13. The monoisotopic (exact) mass is 325 g/mol. The number of benzene rings is 1. The van der Waals surface area contributed by atoms with E-state index in [1.165, 1.54) is 24.4 Å². The molecule has 0 radical (unpaired) electrons. The minimum atomic E-state index is -0.567. The largest absolute Gasteiger partial charge is 0.316 e. The molecule has 6 nitrogen and oxygen atoms in total. The number of carbonyl (C=O) groups excluding carboxylic acids is 1. The topological polar surface area (TPSA) is 85.1 Å². The number of hydrogen-bond donors (Lipinski definition) is 1. The lowest BCUT2D eigenvalue weighted by atomic mass is 10.2. The summed E-state index contributed by atoms with van der Waals surface area (Å²) in [5, 5.41) is 13.6. The van der Waals surface area contributed by atoms with Gasteiger partial charge in [-0.25, -0.2) is 4.98 Å². The highest BCUT2D eigenvalue weighted by atomic mass is 35.5. The SMILES string of the molecule is Cc1ccc([N+](=O)[O-])c(NC(=O)c2cnc(Cl)c(Cl)c2)c1. The maximum Gasteiger partial charge on any atom is 0.292 e. The first-order valence-corrected chi connectivity index (χ1v) is 6.51. The predicted molar refractivity (Wildman–Crippen MR) is 80.0 cm³/mol. The van der Waals surface area contributed by atoms with Crippen LogP contribution in [0.15, 0.2) is 30.5 Å². The molecule has 0 bridgehead atoms. The van der Waals surface area contributed by atoms with Crippen molar-refractivity contribution in [3.63, 3.8) is 0 Å². The summed E-state index contributed by atoms with van der Waals surface area (Å²) in [7, 11) is 0. The van der Waals surface area contributed by atoms with Crippen LogP contribution in [0.1, 0.15) is 15.9 Å². The summed E-state index contributed by atoms with van der Waals surface area (Å²) in [4.78, 5) is 26.2. The zero-order valence-corrected chi connectivity index (χ0v) is 12.3. The summed E-state index contributed by atoms with van der Waals surface area (Å²) in [6, 6.07) is 5.78.